The second kappa shape index (κ2) is 29.4. The predicted octanol–water partition coefficient (Wildman–Crippen LogP) is 8.52. The lowest BCUT2D eigenvalue weighted by Gasteiger charge is -2.39. The first-order valence-corrected chi connectivity index (χ1v) is 19.6. The van der Waals surface area contributed by atoms with Crippen LogP contribution in [0.25, 0.3) is 0 Å². The molecule has 0 radical (unpaired) electrons. The zero-order chi connectivity index (χ0) is 33.8. The van der Waals surface area contributed by atoms with Crippen molar-refractivity contribution in [3.63, 3.8) is 0 Å². The molecule has 0 aromatic carbocycles. The molecule has 46 heavy (non-hydrogen) atoms. The molecule has 1 aliphatic rings. The van der Waals surface area contributed by atoms with Crippen LogP contribution in [0, 0.1) is 5.92 Å². The van der Waals surface area contributed by atoms with E-state index in [1.165, 1.54) is 122 Å². The van der Waals surface area contributed by atoms with Crippen molar-refractivity contribution in [3.8, 4) is 0 Å². The van der Waals surface area contributed by atoms with Crippen molar-refractivity contribution < 1.29 is 35.0 Å². The number of ether oxygens (including phenoxy) is 2. The Bertz CT molecular complexity index is 700. The smallest absolute Gasteiger partial charge is 0.187 e. The van der Waals surface area contributed by atoms with Crippen LogP contribution >= 0.6 is 0 Å². The summed E-state index contributed by atoms with van der Waals surface area (Å²) < 4.78 is 11.4. The second-order valence-electron chi connectivity index (χ2n) is 14.3. The molecule has 7 nitrogen and oxygen atoms in total. The molecule has 1 fully saturated rings. The summed E-state index contributed by atoms with van der Waals surface area (Å²) in [7, 11) is 0. The van der Waals surface area contributed by atoms with E-state index in [9.17, 15) is 25.5 Å². The molecule has 1 heterocycles. The normalized spacial score (nSPS) is 23.6. The molecular weight excluding hydrogens is 580 g/mol. The van der Waals surface area contributed by atoms with Crippen LogP contribution in [0.5, 0.6) is 0 Å². The molecule has 7 heteroatoms. The fourth-order valence-corrected chi connectivity index (χ4v) is 6.43. The molecule has 274 valence electrons. The maximum atomic E-state index is 10.8. The highest BCUT2D eigenvalue weighted by atomic mass is 16.7. The third kappa shape index (κ3) is 21.4. The van der Waals surface area contributed by atoms with E-state index in [0.717, 1.165) is 50.0 Å². The number of aliphatic hydroxyl groups is 5. The van der Waals surface area contributed by atoms with Gasteiger partial charge < -0.3 is 35.0 Å². The van der Waals surface area contributed by atoms with Gasteiger partial charge in [0, 0.05) is 0 Å². The summed E-state index contributed by atoms with van der Waals surface area (Å²) in [6.07, 6.45) is 25.8. The van der Waals surface area contributed by atoms with E-state index >= 15 is 0 Å². The summed E-state index contributed by atoms with van der Waals surface area (Å²) >= 11 is 0. The molecule has 1 rings (SSSR count). The minimum atomic E-state index is -1.46. The molecule has 0 bridgehead atoms. The Balaban J connectivity index is 2.39. The van der Waals surface area contributed by atoms with Crippen LogP contribution in [-0.2, 0) is 9.47 Å². The molecular formula is C39H76O7. The maximum absolute atomic E-state index is 10.8. The van der Waals surface area contributed by atoms with Crippen molar-refractivity contribution in [2.45, 2.75) is 218 Å². The molecule has 0 unspecified atom stereocenters. The van der Waals surface area contributed by atoms with Crippen molar-refractivity contribution in [1.82, 2.24) is 0 Å². The fourth-order valence-electron chi connectivity index (χ4n) is 6.43. The highest BCUT2D eigenvalue weighted by molar-refractivity contribution is 5.06. The van der Waals surface area contributed by atoms with Crippen molar-refractivity contribution in [3.05, 3.63) is 11.6 Å². The van der Waals surface area contributed by atoms with Crippen LogP contribution < -0.4 is 0 Å². The van der Waals surface area contributed by atoms with Crippen molar-refractivity contribution in [2.24, 2.45) is 5.92 Å². The summed E-state index contributed by atoms with van der Waals surface area (Å²) in [4.78, 5) is 0. The van der Waals surface area contributed by atoms with Crippen LogP contribution in [-0.4, -0.2) is 75.6 Å². The summed E-state index contributed by atoms with van der Waals surface area (Å²) in [6, 6.07) is 0. The van der Waals surface area contributed by atoms with Crippen LogP contribution in [0.2, 0.25) is 0 Å². The highest BCUT2D eigenvalue weighted by Gasteiger charge is 2.44. The largest absolute Gasteiger partial charge is 0.394 e. The third-order valence-electron chi connectivity index (χ3n) is 9.95. The number of hydrogen-bond donors (Lipinski definition) is 5. The van der Waals surface area contributed by atoms with Crippen molar-refractivity contribution in [2.75, 3.05) is 13.2 Å². The van der Waals surface area contributed by atoms with Gasteiger partial charge in [0.05, 0.1) is 19.3 Å². The number of rotatable bonds is 31. The zero-order valence-corrected chi connectivity index (χ0v) is 30.3. The first-order valence-electron chi connectivity index (χ1n) is 19.6. The van der Waals surface area contributed by atoms with Gasteiger partial charge in [0.1, 0.15) is 24.4 Å². The van der Waals surface area contributed by atoms with Crippen LogP contribution in [0.3, 0.4) is 0 Å². The van der Waals surface area contributed by atoms with E-state index < -0.39 is 43.4 Å². The zero-order valence-electron chi connectivity index (χ0n) is 30.3. The Morgan fingerprint density at radius 1 is 0.652 bits per heavy atom. The molecule has 7 atom stereocenters. The fraction of sp³-hybridized carbons (Fsp3) is 0.949. The molecule has 1 saturated heterocycles. The number of aliphatic hydroxyl groups excluding tert-OH is 5. The van der Waals surface area contributed by atoms with Gasteiger partial charge in [0.25, 0.3) is 0 Å². The van der Waals surface area contributed by atoms with E-state index in [4.69, 9.17) is 9.47 Å². The predicted molar refractivity (Wildman–Crippen MR) is 190 cm³/mol. The first-order chi connectivity index (χ1) is 22.3. The van der Waals surface area contributed by atoms with Gasteiger partial charge in [-0.2, -0.15) is 0 Å². The van der Waals surface area contributed by atoms with Gasteiger partial charge in [-0.3, -0.25) is 0 Å². The minimum Gasteiger partial charge on any atom is -0.394 e. The van der Waals surface area contributed by atoms with E-state index in [2.05, 4.69) is 20.8 Å². The van der Waals surface area contributed by atoms with E-state index in [0.29, 0.717) is 0 Å². The summed E-state index contributed by atoms with van der Waals surface area (Å²) in [5, 5.41) is 50.9. The van der Waals surface area contributed by atoms with E-state index in [-0.39, 0.29) is 6.61 Å². The SMILES string of the molecule is CCCCCCCCCCCCCC/C(=C/[C@H](O)CCCCCCCCCCC[C@H](C)CC)CO[C@@H]1O[C@H](CO)[C@@H](O)[C@H](O)[C@H]1O. The molecule has 5 N–H and O–H groups in total. The summed E-state index contributed by atoms with van der Waals surface area (Å²) in [5.74, 6) is 0.866. The Morgan fingerprint density at radius 3 is 1.63 bits per heavy atom. The first kappa shape index (κ1) is 43.5. The lowest BCUT2D eigenvalue weighted by atomic mass is 9.99. The Hall–Kier alpha value is -0.540. The van der Waals surface area contributed by atoms with Crippen molar-refractivity contribution >= 4 is 0 Å². The van der Waals surface area contributed by atoms with Crippen molar-refractivity contribution in [1.29, 1.82) is 0 Å². The standard InChI is InChI=1S/C39H76O7/c1-4-6-7-8-9-10-11-12-15-18-21-24-27-33(31-45-39-38(44)37(43)36(42)35(30-40)46-39)29-34(41)28-25-22-19-16-13-14-17-20-23-26-32(3)5-2/h29,32,34-44H,4-28,30-31H2,1-3H3/b33-29-/t32-,34-,35-,36-,37+,38-,39-/m1/s1. The summed E-state index contributed by atoms with van der Waals surface area (Å²) in [5.41, 5.74) is 0.963. The van der Waals surface area contributed by atoms with Crippen LogP contribution in [0.4, 0.5) is 0 Å². The average Bonchev–Trinajstić information content (AvgIpc) is 3.05. The molecule has 1 aliphatic heterocycles. The quantitative estimate of drug-likeness (QED) is 0.0375. The highest BCUT2D eigenvalue weighted by Crippen LogP contribution is 2.24. The minimum absolute atomic E-state index is 0.162. The molecule has 0 aromatic rings. The maximum Gasteiger partial charge on any atom is 0.187 e. The van der Waals surface area contributed by atoms with Crippen LogP contribution in [0.1, 0.15) is 181 Å². The van der Waals surface area contributed by atoms with E-state index in [1.807, 2.05) is 6.08 Å². The van der Waals surface area contributed by atoms with Gasteiger partial charge in [-0.15, -0.1) is 0 Å². The van der Waals surface area contributed by atoms with Gasteiger partial charge in [0.15, 0.2) is 6.29 Å². The average molecular weight is 657 g/mol. The number of hydrogen-bond acceptors (Lipinski definition) is 7. The summed E-state index contributed by atoms with van der Waals surface area (Å²) in [6.45, 7) is 6.57. The van der Waals surface area contributed by atoms with Gasteiger partial charge in [-0.1, -0.05) is 168 Å². The second-order valence-corrected chi connectivity index (χ2v) is 14.3. The van der Waals surface area contributed by atoms with Gasteiger partial charge in [0.2, 0.25) is 0 Å². The van der Waals surface area contributed by atoms with E-state index in [1.54, 1.807) is 0 Å². The molecule has 0 saturated carbocycles. The van der Waals surface area contributed by atoms with Gasteiger partial charge >= 0.3 is 0 Å². The lowest BCUT2D eigenvalue weighted by Crippen LogP contribution is -2.59. The lowest BCUT2D eigenvalue weighted by molar-refractivity contribution is -0.299. The topological polar surface area (TPSA) is 120 Å². The Morgan fingerprint density at radius 2 is 1.13 bits per heavy atom. The molecule has 0 aliphatic carbocycles. The monoisotopic (exact) mass is 657 g/mol. The third-order valence-corrected chi connectivity index (χ3v) is 9.95. The molecule has 0 amide bonds. The van der Waals surface area contributed by atoms with Gasteiger partial charge in [-0.25, -0.2) is 0 Å². The molecule has 0 spiro atoms. The molecule has 0 aromatic heterocycles. The Kier molecular flexibility index (Phi) is 27.8. The van der Waals surface area contributed by atoms with Crippen LogP contribution in [0.15, 0.2) is 11.6 Å². The van der Waals surface area contributed by atoms with Gasteiger partial charge in [-0.05, 0) is 30.8 Å². The number of unbranched alkanes of at least 4 members (excludes halogenated alkanes) is 19. The Labute approximate surface area is 283 Å².